The SMILES string of the molecule is CC(Nc1ccc2nnnn2n1)c1cn(-c2ccccc2)nn1. The second-order valence-corrected chi connectivity index (χ2v) is 5.03. The summed E-state index contributed by atoms with van der Waals surface area (Å²) in [5.74, 6) is 0.659. The van der Waals surface area contributed by atoms with E-state index in [-0.39, 0.29) is 6.04 Å². The van der Waals surface area contributed by atoms with Crippen molar-refractivity contribution in [3.05, 3.63) is 54.4 Å². The molecule has 0 fully saturated rings. The maximum atomic E-state index is 4.28. The highest BCUT2D eigenvalue weighted by Crippen LogP contribution is 2.16. The third-order valence-corrected chi connectivity index (χ3v) is 3.41. The Hall–Kier alpha value is -3.36. The maximum absolute atomic E-state index is 4.28. The van der Waals surface area contributed by atoms with Crippen LogP contribution in [-0.2, 0) is 0 Å². The highest BCUT2D eigenvalue weighted by molar-refractivity contribution is 5.43. The van der Waals surface area contributed by atoms with Crippen LogP contribution in [0.4, 0.5) is 5.82 Å². The minimum absolute atomic E-state index is 0.0612. The third-order valence-electron chi connectivity index (χ3n) is 3.41. The van der Waals surface area contributed by atoms with Crippen molar-refractivity contribution in [2.24, 2.45) is 0 Å². The highest BCUT2D eigenvalue weighted by Gasteiger charge is 2.12. The normalized spacial score (nSPS) is 12.4. The smallest absolute Gasteiger partial charge is 0.200 e. The molecule has 9 nitrogen and oxygen atoms in total. The maximum Gasteiger partial charge on any atom is 0.200 e. The minimum atomic E-state index is -0.0612. The topological polar surface area (TPSA) is 98.7 Å². The lowest BCUT2D eigenvalue weighted by Gasteiger charge is -2.10. The Balaban J connectivity index is 1.55. The van der Waals surface area contributed by atoms with Gasteiger partial charge in [0.1, 0.15) is 11.5 Å². The van der Waals surface area contributed by atoms with Crippen LogP contribution in [0.5, 0.6) is 0 Å². The van der Waals surface area contributed by atoms with Gasteiger partial charge in [-0.3, -0.25) is 0 Å². The number of nitrogens with one attached hydrogen (secondary N) is 1. The van der Waals surface area contributed by atoms with Crippen LogP contribution in [-0.4, -0.2) is 40.2 Å². The van der Waals surface area contributed by atoms with Crippen LogP contribution >= 0.6 is 0 Å². The van der Waals surface area contributed by atoms with Crippen molar-refractivity contribution in [2.45, 2.75) is 13.0 Å². The number of anilines is 1. The molecular weight excluding hydrogens is 294 g/mol. The van der Waals surface area contributed by atoms with Gasteiger partial charge in [0.05, 0.1) is 17.9 Å². The van der Waals surface area contributed by atoms with Crippen molar-refractivity contribution in [3.63, 3.8) is 0 Å². The zero-order chi connectivity index (χ0) is 15.6. The number of nitrogens with zero attached hydrogens (tertiary/aromatic N) is 8. The molecule has 9 heteroatoms. The fourth-order valence-electron chi connectivity index (χ4n) is 2.20. The zero-order valence-electron chi connectivity index (χ0n) is 12.3. The van der Waals surface area contributed by atoms with Gasteiger partial charge in [0, 0.05) is 0 Å². The minimum Gasteiger partial charge on any atom is -0.360 e. The number of hydrogen-bond donors (Lipinski definition) is 1. The van der Waals surface area contributed by atoms with E-state index in [0.717, 1.165) is 11.4 Å². The average Bonchev–Trinajstić information content (AvgIpc) is 3.24. The van der Waals surface area contributed by atoms with E-state index in [1.807, 2.05) is 49.5 Å². The fourth-order valence-corrected chi connectivity index (χ4v) is 2.20. The van der Waals surface area contributed by atoms with Gasteiger partial charge in [0.15, 0.2) is 5.65 Å². The van der Waals surface area contributed by atoms with E-state index in [9.17, 15) is 0 Å². The first-order chi connectivity index (χ1) is 11.3. The van der Waals surface area contributed by atoms with Gasteiger partial charge in [0.25, 0.3) is 0 Å². The van der Waals surface area contributed by atoms with Crippen LogP contribution in [0.25, 0.3) is 11.3 Å². The number of hydrogen-bond acceptors (Lipinski definition) is 7. The van der Waals surface area contributed by atoms with Gasteiger partial charge in [-0.05, 0) is 41.6 Å². The summed E-state index contributed by atoms with van der Waals surface area (Å²) in [5.41, 5.74) is 2.37. The van der Waals surface area contributed by atoms with Gasteiger partial charge in [-0.15, -0.1) is 19.9 Å². The molecule has 23 heavy (non-hydrogen) atoms. The molecule has 0 radical (unpaired) electrons. The number of para-hydroxylation sites is 1. The molecule has 0 aliphatic carbocycles. The number of aromatic nitrogens is 8. The van der Waals surface area contributed by atoms with Crippen molar-refractivity contribution >= 4 is 11.5 Å². The summed E-state index contributed by atoms with van der Waals surface area (Å²) in [4.78, 5) is 0. The number of rotatable bonds is 4. The van der Waals surface area contributed by atoms with E-state index in [2.05, 4.69) is 36.3 Å². The molecule has 1 atom stereocenters. The van der Waals surface area contributed by atoms with Crippen LogP contribution in [0.2, 0.25) is 0 Å². The second kappa shape index (κ2) is 5.44. The molecule has 114 valence electrons. The monoisotopic (exact) mass is 307 g/mol. The summed E-state index contributed by atoms with van der Waals surface area (Å²) < 4.78 is 3.11. The number of tetrazole rings is 1. The largest absolute Gasteiger partial charge is 0.360 e. The van der Waals surface area contributed by atoms with Crippen LogP contribution in [0, 0.1) is 0 Å². The first-order valence-corrected chi connectivity index (χ1v) is 7.09. The summed E-state index contributed by atoms with van der Waals surface area (Å²) in [5, 5.41) is 27.1. The zero-order valence-corrected chi connectivity index (χ0v) is 12.3. The van der Waals surface area contributed by atoms with Crippen LogP contribution in [0.3, 0.4) is 0 Å². The van der Waals surface area contributed by atoms with E-state index < -0.39 is 0 Å². The quantitative estimate of drug-likeness (QED) is 0.606. The molecule has 3 aromatic heterocycles. The Morgan fingerprint density at radius 1 is 1.00 bits per heavy atom. The molecule has 0 saturated heterocycles. The van der Waals surface area contributed by atoms with Crippen molar-refractivity contribution in [2.75, 3.05) is 5.32 Å². The molecule has 0 saturated carbocycles. The molecule has 0 aliphatic heterocycles. The number of fused-ring (bicyclic) bond motifs is 1. The van der Waals surface area contributed by atoms with E-state index in [4.69, 9.17) is 0 Å². The molecule has 4 aromatic rings. The molecule has 0 aliphatic rings. The molecule has 0 spiro atoms. The summed E-state index contributed by atoms with van der Waals surface area (Å²) in [6, 6.07) is 13.4. The molecule has 3 heterocycles. The Morgan fingerprint density at radius 2 is 1.87 bits per heavy atom. The summed E-state index contributed by atoms with van der Waals surface area (Å²) >= 11 is 0. The number of benzene rings is 1. The van der Waals surface area contributed by atoms with Gasteiger partial charge in [-0.2, -0.15) is 0 Å². The van der Waals surface area contributed by atoms with Gasteiger partial charge < -0.3 is 5.32 Å². The average molecular weight is 307 g/mol. The van der Waals surface area contributed by atoms with Crippen molar-refractivity contribution in [1.82, 2.24) is 40.2 Å². The first-order valence-electron chi connectivity index (χ1n) is 7.09. The Kier molecular flexibility index (Phi) is 3.15. The van der Waals surface area contributed by atoms with E-state index in [0.29, 0.717) is 11.5 Å². The Bertz CT molecular complexity index is 927. The predicted molar refractivity (Wildman–Crippen MR) is 82.0 cm³/mol. The van der Waals surface area contributed by atoms with Crippen molar-refractivity contribution < 1.29 is 0 Å². The van der Waals surface area contributed by atoms with Crippen LogP contribution < -0.4 is 5.32 Å². The second-order valence-electron chi connectivity index (χ2n) is 5.03. The molecule has 0 amide bonds. The Morgan fingerprint density at radius 3 is 2.74 bits per heavy atom. The first kappa shape index (κ1) is 13.3. The molecule has 1 unspecified atom stereocenters. The fraction of sp³-hybridized carbons (Fsp3) is 0.143. The van der Waals surface area contributed by atoms with Crippen molar-refractivity contribution in [3.8, 4) is 5.69 Å². The van der Waals surface area contributed by atoms with Crippen molar-refractivity contribution in [1.29, 1.82) is 0 Å². The van der Waals surface area contributed by atoms with E-state index in [1.165, 1.54) is 4.63 Å². The standard InChI is InChI=1S/C14H13N9/c1-10(15-13-7-8-14-17-19-21-23(14)18-13)12-9-22(20-16-12)11-5-3-2-4-6-11/h2-10H,1H3,(H,15,18). The lowest BCUT2D eigenvalue weighted by Crippen LogP contribution is -2.10. The van der Waals surface area contributed by atoms with Gasteiger partial charge in [0.2, 0.25) is 0 Å². The van der Waals surface area contributed by atoms with Gasteiger partial charge >= 0.3 is 0 Å². The molecule has 0 bridgehead atoms. The lowest BCUT2D eigenvalue weighted by atomic mass is 10.2. The molecular formula is C14H13N9. The Labute approximate surface area is 130 Å². The lowest BCUT2D eigenvalue weighted by molar-refractivity contribution is 0.724. The highest BCUT2D eigenvalue weighted by atomic mass is 15.6. The van der Waals surface area contributed by atoms with Crippen LogP contribution in [0.1, 0.15) is 18.7 Å². The summed E-state index contributed by atoms with van der Waals surface area (Å²) in [6.07, 6.45) is 1.89. The molecule has 1 aromatic carbocycles. The van der Waals surface area contributed by atoms with Crippen LogP contribution in [0.15, 0.2) is 48.7 Å². The predicted octanol–water partition coefficient (Wildman–Crippen LogP) is 1.27. The van der Waals surface area contributed by atoms with E-state index >= 15 is 0 Å². The summed E-state index contributed by atoms with van der Waals surface area (Å²) in [6.45, 7) is 1.99. The third kappa shape index (κ3) is 2.59. The van der Waals surface area contributed by atoms with E-state index in [1.54, 1.807) is 10.7 Å². The van der Waals surface area contributed by atoms with Gasteiger partial charge in [-0.25, -0.2) is 4.68 Å². The summed E-state index contributed by atoms with van der Waals surface area (Å²) in [7, 11) is 0. The molecule has 1 N–H and O–H groups in total. The van der Waals surface area contributed by atoms with Gasteiger partial charge in [-0.1, -0.05) is 23.4 Å². The molecule has 4 rings (SSSR count).